The molecule has 98 valence electrons. The summed E-state index contributed by atoms with van der Waals surface area (Å²) in [6, 6.07) is 13.2. The first-order chi connectivity index (χ1) is 9.25. The van der Waals surface area contributed by atoms with Gasteiger partial charge in [-0.1, -0.05) is 35.9 Å². The lowest BCUT2D eigenvalue weighted by Crippen LogP contribution is -2.33. The maximum Gasteiger partial charge on any atom is 0.146 e. The number of benzene rings is 2. The molecule has 2 aromatic carbocycles. The molecule has 3 rings (SSSR count). The fourth-order valence-electron chi connectivity index (χ4n) is 2.39. The van der Waals surface area contributed by atoms with E-state index in [0.29, 0.717) is 12.1 Å². The highest BCUT2D eigenvalue weighted by atomic mass is 35.5. The minimum Gasteiger partial charge on any atom is -0.382 e. The summed E-state index contributed by atoms with van der Waals surface area (Å²) >= 11 is 5.83. The van der Waals surface area contributed by atoms with Gasteiger partial charge in [0.2, 0.25) is 0 Å². The summed E-state index contributed by atoms with van der Waals surface area (Å²) in [4.78, 5) is 2.17. The largest absolute Gasteiger partial charge is 0.382 e. The van der Waals surface area contributed by atoms with E-state index in [2.05, 4.69) is 10.2 Å². The van der Waals surface area contributed by atoms with Crippen LogP contribution in [0.25, 0.3) is 0 Å². The van der Waals surface area contributed by atoms with Crippen LogP contribution in [0, 0.1) is 5.82 Å². The van der Waals surface area contributed by atoms with Gasteiger partial charge in [0.25, 0.3) is 0 Å². The average Bonchev–Trinajstić information content (AvgIpc) is 2.44. The van der Waals surface area contributed by atoms with Crippen molar-refractivity contribution in [3.8, 4) is 0 Å². The first kappa shape index (κ1) is 12.3. The van der Waals surface area contributed by atoms with E-state index in [0.717, 1.165) is 24.5 Å². The van der Waals surface area contributed by atoms with Gasteiger partial charge in [0, 0.05) is 25.2 Å². The number of nitrogens with one attached hydrogen (secondary N) is 1. The highest BCUT2D eigenvalue weighted by Gasteiger charge is 2.17. The van der Waals surface area contributed by atoms with Crippen LogP contribution < -0.4 is 10.2 Å². The van der Waals surface area contributed by atoms with Crippen LogP contribution in [0.3, 0.4) is 0 Å². The second kappa shape index (κ2) is 5.10. The quantitative estimate of drug-likeness (QED) is 0.895. The zero-order valence-corrected chi connectivity index (χ0v) is 11.1. The molecule has 0 saturated heterocycles. The second-order valence-corrected chi connectivity index (χ2v) is 4.99. The van der Waals surface area contributed by atoms with Gasteiger partial charge >= 0.3 is 0 Å². The summed E-state index contributed by atoms with van der Waals surface area (Å²) in [7, 11) is 0. The number of anilines is 2. The van der Waals surface area contributed by atoms with Crippen molar-refractivity contribution in [2.45, 2.75) is 6.54 Å². The van der Waals surface area contributed by atoms with E-state index in [1.165, 1.54) is 0 Å². The smallest absolute Gasteiger partial charge is 0.146 e. The molecule has 19 heavy (non-hydrogen) atoms. The highest BCUT2D eigenvalue weighted by Crippen LogP contribution is 2.30. The number of para-hydroxylation sites is 2. The Labute approximate surface area is 116 Å². The third kappa shape index (κ3) is 2.38. The van der Waals surface area contributed by atoms with Crippen molar-refractivity contribution in [2.75, 3.05) is 23.3 Å². The third-order valence-corrected chi connectivity index (χ3v) is 3.63. The minimum absolute atomic E-state index is 0.181. The fraction of sp³-hybridized carbons (Fsp3) is 0.200. The summed E-state index contributed by atoms with van der Waals surface area (Å²) in [5.41, 5.74) is 2.83. The van der Waals surface area contributed by atoms with Gasteiger partial charge < -0.3 is 10.2 Å². The Morgan fingerprint density at radius 1 is 1.16 bits per heavy atom. The average molecular weight is 277 g/mol. The number of nitrogens with zero attached hydrogens (tertiary/aromatic N) is 1. The van der Waals surface area contributed by atoms with Crippen LogP contribution in [-0.2, 0) is 6.54 Å². The van der Waals surface area contributed by atoms with E-state index in [4.69, 9.17) is 11.6 Å². The Morgan fingerprint density at radius 3 is 2.89 bits per heavy atom. The van der Waals surface area contributed by atoms with E-state index in [9.17, 15) is 4.39 Å². The molecular formula is C15H14ClFN2. The van der Waals surface area contributed by atoms with Crippen molar-refractivity contribution in [2.24, 2.45) is 0 Å². The molecule has 0 atom stereocenters. The third-order valence-electron chi connectivity index (χ3n) is 3.33. The maximum absolute atomic E-state index is 14.0. The molecule has 4 heteroatoms. The molecule has 0 fully saturated rings. The fourth-order valence-corrected chi connectivity index (χ4v) is 2.58. The molecule has 0 unspecified atom stereocenters. The molecule has 0 radical (unpaired) electrons. The van der Waals surface area contributed by atoms with Crippen LogP contribution in [-0.4, -0.2) is 13.1 Å². The lowest BCUT2D eigenvalue weighted by atomic mass is 10.1. The number of rotatable bonds is 2. The van der Waals surface area contributed by atoms with Crippen LogP contribution in [0.15, 0.2) is 42.5 Å². The lowest BCUT2D eigenvalue weighted by Gasteiger charge is -2.32. The molecular weight excluding hydrogens is 263 g/mol. The van der Waals surface area contributed by atoms with Gasteiger partial charge in [0.1, 0.15) is 5.82 Å². The van der Waals surface area contributed by atoms with E-state index < -0.39 is 0 Å². The number of fused-ring (bicyclic) bond motifs is 1. The SMILES string of the molecule is Fc1c(Cl)cccc1CN1CCNc2ccccc21. The molecule has 0 amide bonds. The summed E-state index contributed by atoms with van der Waals surface area (Å²) in [6.45, 7) is 2.24. The lowest BCUT2D eigenvalue weighted by molar-refractivity contribution is 0.604. The predicted molar refractivity (Wildman–Crippen MR) is 77.4 cm³/mol. The molecule has 1 N–H and O–H groups in total. The van der Waals surface area contributed by atoms with Gasteiger partial charge in [-0.3, -0.25) is 0 Å². The van der Waals surface area contributed by atoms with E-state index in [1.54, 1.807) is 18.2 Å². The molecule has 2 aromatic rings. The molecule has 1 aliphatic rings. The maximum atomic E-state index is 14.0. The molecule has 0 aliphatic carbocycles. The van der Waals surface area contributed by atoms with Crippen molar-refractivity contribution in [3.63, 3.8) is 0 Å². The summed E-state index contributed by atoms with van der Waals surface area (Å²) in [5, 5.41) is 3.52. The number of hydrogen-bond acceptors (Lipinski definition) is 2. The Hall–Kier alpha value is -1.74. The molecule has 1 aliphatic heterocycles. The van der Waals surface area contributed by atoms with Gasteiger partial charge in [0.15, 0.2) is 0 Å². The Kier molecular flexibility index (Phi) is 3.30. The molecule has 0 bridgehead atoms. The van der Waals surface area contributed by atoms with Gasteiger partial charge in [-0.05, 0) is 18.2 Å². The normalized spacial score (nSPS) is 13.9. The van der Waals surface area contributed by atoms with Gasteiger partial charge in [0.05, 0.1) is 16.4 Å². The summed E-state index contributed by atoms with van der Waals surface area (Å²) in [5.74, 6) is -0.319. The van der Waals surface area contributed by atoms with Gasteiger partial charge in [-0.15, -0.1) is 0 Å². The first-order valence-electron chi connectivity index (χ1n) is 6.26. The van der Waals surface area contributed by atoms with Crippen LogP contribution in [0.4, 0.5) is 15.8 Å². The molecule has 1 heterocycles. The molecule has 2 nitrogen and oxygen atoms in total. The van der Waals surface area contributed by atoms with E-state index in [-0.39, 0.29) is 10.8 Å². The minimum atomic E-state index is -0.319. The van der Waals surface area contributed by atoms with Crippen LogP contribution in [0.2, 0.25) is 5.02 Å². The summed E-state index contributed by atoms with van der Waals surface area (Å²) < 4.78 is 14.0. The van der Waals surface area contributed by atoms with Crippen molar-refractivity contribution in [3.05, 3.63) is 58.9 Å². The Balaban J connectivity index is 1.91. The van der Waals surface area contributed by atoms with Crippen molar-refractivity contribution >= 4 is 23.0 Å². The number of halogens is 2. The van der Waals surface area contributed by atoms with E-state index >= 15 is 0 Å². The Morgan fingerprint density at radius 2 is 2.00 bits per heavy atom. The molecule has 0 saturated carbocycles. The monoisotopic (exact) mass is 276 g/mol. The van der Waals surface area contributed by atoms with Crippen molar-refractivity contribution in [1.82, 2.24) is 0 Å². The topological polar surface area (TPSA) is 15.3 Å². The van der Waals surface area contributed by atoms with Crippen LogP contribution >= 0.6 is 11.6 Å². The first-order valence-corrected chi connectivity index (χ1v) is 6.64. The Bertz CT molecular complexity index is 600. The van der Waals surface area contributed by atoms with Crippen LogP contribution in [0.1, 0.15) is 5.56 Å². The summed E-state index contributed by atoms with van der Waals surface area (Å²) in [6.07, 6.45) is 0. The van der Waals surface area contributed by atoms with Crippen molar-refractivity contribution < 1.29 is 4.39 Å². The van der Waals surface area contributed by atoms with Crippen molar-refractivity contribution in [1.29, 1.82) is 0 Å². The zero-order chi connectivity index (χ0) is 13.2. The standard InChI is InChI=1S/C15H14ClFN2/c16-12-5-3-4-11(15(12)17)10-19-9-8-18-13-6-1-2-7-14(13)19/h1-7,18H,8-10H2. The predicted octanol–water partition coefficient (Wildman–Crippen LogP) is 3.91. The number of hydrogen-bond donors (Lipinski definition) is 1. The highest BCUT2D eigenvalue weighted by molar-refractivity contribution is 6.30. The molecule has 0 aromatic heterocycles. The van der Waals surface area contributed by atoms with E-state index in [1.807, 2.05) is 24.3 Å². The second-order valence-electron chi connectivity index (χ2n) is 4.58. The zero-order valence-electron chi connectivity index (χ0n) is 10.4. The van der Waals surface area contributed by atoms with Crippen LogP contribution in [0.5, 0.6) is 0 Å². The molecule has 0 spiro atoms. The van der Waals surface area contributed by atoms with Gasteiger partial charge in [-0.25, -0.2) is 4.39 Å². The van der Waals surface area contributed by atoms with Gasteiger partial charge in [-0.2, -0.15) is 0 Å².